The molecule has 2 aromatic rings. The van der Waals surface area contributed by atoms with E-state index in [1.165, 1.54) is 19.4 Å². The summed E-state index contributed by atoms with van der Waals surface area (Å²) in [5, 5.41) is 0. The summed E-state index contributed by atoms with van der Waals surface area (Å²) in [5.74, 6) is 0.507. The number of carbonyl (C=O) groups is 2. The summed E-state index contributed by atoms with van der Waals surface area (Å²) >= 11 is 0. The predicted octanol–water partition coefficient (Wildman–Crippen LogP) is 2.46. The van der Waals surface area contributed by atoms with Crippen molar-refractivity contribution in [2.45, 2.75) is 6.61 Å². The second-order valence-electron chi connectivity index (χ2n) is 3.72. The molecule has 0 spiro atoms. The van der Waals surface area contributed by atoms with Crippen LogP contribution >= 0.6 is 0 Å². The smallest absolute Gasteiger partial charge is 0.341 e. The van der Waals surface area contributed by atoms with Crippen LogP contribution in [0.5, 0.6) is 5.75 Å². The molecule has 0 N–H and O–H groups in total. The molecule has 5 nitrogen and oxygen atoms in total. The van der Waals surface area contributed by atoms with Crippen LogP contribution in [0.4, 0.5) is 0 Å². The van der Waals surface area contributed by atoms with Crippen molar-refractivity contribution in [2.24, 2.45) is 0 Å². The maximum atomic E-state index is 11.4. The Kier molecular flexibility index (Phi) is 3.97. The highest BCUT2D eigenvalue weighted by molar-refractivity contribution is 5.90. The molecule has 0 bridgehead atoms. The number of benzene rings is 1. The van der Waals surface area contributed by atoms with Crippen LogP contribution in [0.1, 0.15) is 26.5 Å². The van der Waals surface area contributed by atoms with Crippen molar-refractivity contribution in [3.8, 4) is 5.75 Å². The van der Waals surface area contributed by atoms with Crippen molar-refractivity contribution < 1.29 is 23.5 Å². The minimum Gasteiger partial charge on any atom is -0.486 e. The van der Waals surface area contributed by atoms with Crippen LogP contribution in [-0.4, -0.2) is 19.4 Å². The Balaban J connectivity index is 2.04. The van der Waals surface area contributed by atoms with Gasteiger partial charge in [-0.2, -0.15) is 0 Å². The number of esters is 1. The van der Waals surface area contributed by atoms with Gasteiger partial charge in [0.2, 0.25) is 0 Å². The highest BCUT2D eigenvalue weighted by Gasteiger charge is 2.15. The maximum absolute atomic E-state index is 11.4. The van der Waals surface area contributed by atoms with E-state index >= 15 is 0 Å². The van der Waals surface area contributed by atoms with Gasteiger partial charge in [0.25, 0.3) is 0 Å². The Morgan fingerprint density at radius 2 is 2.00 bits per heavy atom. The van der Waals surface area contributed by atoms with Crippen molar-refractivity contribution in [3.05, 3.63) is 53.5 Å². The lowest BCUT2D eigenvalue weighted by Crippen LogP contribution is -2.05. The first-order chi connectivity index (χ1) is 9.24. The number of hydrogen-bond donors (Lipinski definition) is 0. The van der Waals surface area contributed by atoms with E-state index in [-0.39, 0.29) is 6.61 Å². The number of ether oxygens (including phenoxy) is 2. The zero-order chi connectivity index (χ0) is 13.7. The topological polar surface area (TPSA) is 65.7 Å². The van der Waals surface area contributed by atoms with Crippen molar-refractivity contribution in [2.75, 3.05) is 7.11 Å². The van der Waals surface area contributed by atoms with E-state index in [9.17, 15) is 9.59 Å². The average Bonchev–Trinajstić information content (AvgIpc) is 2.93. The second kappa shape index (κ2) is 5.86. The van der Waals surface area contributed by atoms with Gasteiger partial charge >= 0.3 is 5.97 Å². The van der Waals surface area contributed by atoms with Crippen LogP contribution in [0.15, 0.2) is 41.0 Å². The van der Waals surface area contributed by atoms with Gasteiger partial charge in [0.15, 0.2) is 5.76 Å². The predicted molar refractivity (Wildman–Crippen MR) is 66.2 cm³/mol. The minimum atomic E-state index is -0.469. The molecule has 1 aromatic carbocycles. The van der Waals surface area contributed by atoms with Crippen LogP contribution in [0.2, 0.25) is 0 Å². The van der Waals surface area contributed by atoms with Crippen molar-refractivity contribution in [1.82, 2.24) is 0 Å². The fraction of sp³-hybridized carbons (Fsp3) is 0.143. The second-order valence-corrected chi connectivity index (χ2v) is 3.72. The third-order valence-electron chi connectivity index (χ3n) is 2.54. The zero-order valence-electron chi connectivity index (χ0n) is 10.3. The van der Waals surface area contributed by atoms with Gasteiger partial charge in [0.05, 0.1) is 13.4 Å². The average molecular weight is 260 g/mol. The van der Waals surface area contributed by atoms with Crippen LogP contribution in [-0.2, 0) is 11.3 Å². The molecule has 0 saturated heterocycles. The molecule has 2 rings (SSSR count). The van der Waals surface area contributed by atoms with E-state index in [4.69, 9.17) is 9.15 Å². The summed E-state index contributed by atoms with van der Waals surface area (Å²) in [5.41, 5.74) is 0.910. The summed E-state index contributed by atoms with van der Waals surface area (Å²) in [6, 6.07) is 8.16. The normalized spacial score (nSPS) is 9.95. The molecular weight excluding hydrogens is 248 g/mol. The van der Waals surface area contributed by atoms with Crippen LogP contribution in [0, 0.1) is 0 Å². The van der Waals surface area contributed by atoms with Gasteiger partial charge in [-0.25, -0.2) is 4.79 Å². The summed E-state index contributed by atoms with van der Waals surface area (Å²) in [6.45, 7) is 0.109. The van der Waals surface area contributed by atoms with E-state index in [2.05, 4.69) is 4.74 Å². The third-order valence-corrected chi connectivity index (χ3v) is 2.54. The molecule has 0 atom stereocenters. The fourth-order valence-electron chi connectivity index (χ4n) is 1.54. The number of aldehydes is 1. The maximum Gasteiger partial charge on any atom is 0.341 e. The molecule has 0 fully saturated rings. The van der Waals surface area contributed by atoms with Gasteiger partial charge in [0.1, 0.15) is 24.2 Å². The Hall–Kier alpha value is -2.56. The Bertz CT molecular complexity index is 568. The van der Waals surface area contributed by atoms with Gasteiger partial charge in [-0.3, -0.25) is 4.79 Å². The molecular formula is C14H12O5. The molecule has 5 heteroatoms. The SMILES string of the molecule is COC(=O)c1ccoc1COc1ccc(C=O)cc1. The molecule has 0 aliphatic rings. The number of methoxy groups -OCH3 is 1. The lowest BCUT2D eigenvalue weighted by atomic mass is 10.2. The molecule has 1 heterocycles. The van der Waals surface area contributed by atoms with Crippen molar-refractivity contribution in [3.63, 3.8) is 0 Å². The lowest BCUT2D eigenvalue weighted by Gasteiger charge is -2.05. The molecule has 0 aliphatic carbocycles. The fourth-order valence-corrected chi connectivity index (χ4v) is 1.54. The van der Waals surface area contributed by atoms with E-state index in [0.717, 1.165) is 6.29 Å². The number of carbonyl (C=O) groups excluding carboxylic acids is 2. The molecule has 0 unspecified atom stereocenters. The van der Waals surface area contributed by atoms with E-state index in [1.807, 2.05) is 0 Å². The van der Waals surface area contributed by atoms with E-state index in [0.29, 0.717) is 22.6 Å². The monoisotopic (exact) mass is 260 g/mol. The van der Waals surface area contributed by atoms with Crippen molar-refractivity contribution in [1.29, 1.82) is 0 Å². The minimum absolute atomic E-state index is 0.109. The molecule has 98 valence electrons. The molecule has 1 aromatic heterocycles. The Labute approximate surface area is 109 Å². The molecule has 0 saturated carbocycles. The van der Waals surface area contributed by atoms with Gasteiger partial charge in [0, 0.05) is 5.56 Å². The molecule has 0 amide bonds. The summed E-state index contributed by atoms with van der Waals surface area (Å²) < 4.78 is 15.3. The van der Waals surface area contributed by atoms with E-state index < -0.39 is 5.97 Å². The molecule has 0 aliphatic heterocycles. The van der Waals surface area contributed by atoms with Gasteiger partial charge in [-0.05, 0) is 30.3 Å². The van der Waals surface area contributed by atoms with E-state index in [1.54, 1.807) is 24.3 Å². The first-order valence-corrected chi connectivity index (χ1v) is 5.57. The largest absolute Gasteiger partial charge is 0.486 e. The summed E-state index contributed by atoms with van der Waals surface area (Å²) in [6.07, 6.45) is 2.16. The standard InChI is InChI=1S/C14H12O5/c1-17-14(16)12-6-7-18-13(12)9-19-11-4-2-10(8-15)3-5-11/h2-8H,9H2,1H3. The first-order valence-electron chi connectivity index (χ1n) is 5.57. The van der Waals surface area contributed by atoms with Gasteiger partial charge in [-0.15, -0.1) is 0 Å². The quantitative estimate of drug-likeness (QED) is 0.610. The van der Waals surface area contributed by atoms with Crippen LogP contribution in [0.25, 0.3) is 0 Å². The molecule has 0 radical (unpaired) electrons. The zero-order valence-corrected chi connectivity index (χ0v) is 10.3. The summed E-state index contributed by atoms with van der Waals surface area (Å²) in [4.78, 5) is 21.9. The van der Waals surface area contributed by atoms with Crippen LogP contribution < -0.4 is 4.74 Å². The number of rotatable bonds is 5. The Morgan fingerprint density at radius 1 is 1.26 bits per heavy atom. The summed E-state index contributed by atoms with van der Waals surface area (Å²) in [7, 11) is 1.30. The lowest BCUT2D eigenvalue weighted by molar-refractivity contribution is 0.0595. The third kappa shape index (κ3) is 3.01. The van der Waals surface area contributed by atoms with Gasteiger partial charge in [-0.1, -0.05) is 0 Å². The molecule has 19 heavy (non-hydrogen) atoms. The highest BCUT2D eigenvalue weighted by atomic mass is 16.5. The van der Waals surface area contributed by atoms with Crippen LogP contribution in [0.3, 0.4) is 0 Å². The highest BCUT2D eigenvalue weighted by Crippen LogP contribution is 2.17. The van der Waals surface area contributed by atoms with Gasteiger partial charge < -0.3 is 13.9 Å². The first kappa shape index (κ1) is 12.9. The van der Waals surface area contributed by atoms with Crippen molar-refractivity contribution >= 4 is 12.3 Å². The Morgan fingerprint density at radius 3 is 2.63 bits per heavy atom. The number of furan rings is 1. The number of hydrogen-bond acceptors (Lipinski definition) is 5.